The molecule has 0 spiro atoms. The van der Waals surface area contributed by atoms with Gasteiger partial charge in [-0.25, -0.2) is 14.8 Å². The van der Waals surface area contributed by atoms with Crippen LogP contribution in [0.4, 0.5) is 11.6 Å². The van der Waals surface area contributed by atoms with E-state index in [1.807, 2.05) is 172 Å². The van der Waals surface area contributed by atoms with Gasteiger partial charge in [0.1, 0.15) is 63.8 Å². The molecule has 6 aliphatic carbocycles. The number of aliphatic carboxylic acids is 3. The van der Waals surface area contributed by atoms with Crippen molar-refractivity contribution < 1.29 is 167 Å². The Hall–Kier alpha value is -11.0. The Morgan fingerprint density at radius 1 is 0.451 bits per heavy atom. The molecule has 2 heterocycles. The number of aromatic nitrogens is 2. The van der Waals surface area contributed by atoms with E-state index in [-0.39, 0.29) is 102 Å². The number of anilines is 2. The summed E-state index contributed by atoms with van der Waals surface area (Å²) in [5, 5.41) is 31.5. The van der Waals surface area contributed by atoms with E-state index in [4.69, 9.17) is 95.0 Å². The van der Waals surface area contributed by atoms with Crippen LogP contribution in [0.1, 0.15) is 222 Å². The number of hydrogen-bond acceptors (Lipinski definition) is 25. The van der Waals surface area contributed by atoms with Gasteiger partial charge in [-0.15, -0.1) is 0 Å². The number of ether oxygens (including phenoxy) is 10. The Morgan fingerprint density at radius 2 is 0.778 bits per heavy atom. The van der Waals surface area contributed by atoms with Crippen LogP contribution < -0.4 is 73.3 Å². The quantitative estimate of drug-likeness (QED) is 0.00453. The van der Waals surface area contributed by atoms with E-state index in [2.05, 4.69) is 80.4 Å². The van der Waals surface area contributed by atoms with Crippen LogP contribution in [0.5, 0.6) is 40.2 Å². The number of ketones is 2. The molecule has 6 saturated carbocycles. The molecular weight excluding hydrogens is 1960 g/mol. The second kappa shape index (κ2) is 67.7. The molecule has 772 valence electrons. The third-order valence-corrected chi connectivity index (χ3v) is 26.8. The average Bonchev–Trinajstić information content (AvgIpc) is 0.755. The Balaban J connectivity index is 0.000000431. The van der Waals surface area contributed by atoms with Gasteiger partial charge in [0.25, 0.3) is 5.97 Å². The predicted molar refractivity (Wildman–Crippen MR) is 555 cm³/mol. The van der Waals surface area contributed by atoms with Crippen molar-refractivity contribution in [2.45, 2.75) is 184 Å². The van der Waals surface area contributed by atoms with Crippen molar-refractivity contribution >= 4 is 95.9 Å². The molecule has 7 aromatic carbocycles. The molecule has 0 bridgehead atoms. The van der Waals surface area contributed by atoms with Gasteiger partial charge < -0.3 is 83.8 Å². The first-order valence-electron chi connectivity index (χ1n) is 48.1. The second-order valence-electron chi connectivity index (χ2n) is 34.2. The summed E-state index contributed by atoms with van der Waals surface area (Å²) in [5.74, 6) is 8.68. The van der Waals surface area contributed by atoms with Crippen molar-refractivity contribution in [3.63, 3.8) is 0 Å². The minimum Gasteiger partial charge on any atom is -1.00 e. The Labute approximate surface area is 895 Å². The van der Waals surface area contributed by atoms with Crippen molar-refractivity contribution in [3.05, 3.63) is 276 Å². The van der Waals surface area contributed by atoms with Gasteiger partial charge in [0.2, 0.25) is 0 Å². The molecule has 0 aliphatic heterocycles. The SMILES string of the molecule is C=Cc1ccc(OC)cc1.CC(=O)O.CCOC(=O)C=C1CC(c2ccc(OC)cc2)C1.CCOC(=O)CC1CC(c2ccc(OC)cc2)C1.CCOC(=O)CP(=O)(OCC)OCC.COc1ccc(C2CC(=O)C2(Cl)Cl)cc1.COc1ccc(C2CC(=O)C2)cc1.O=C(O)CC1CC(c2ccc(OCCCNc3ccccn3)cc2)C1.O=C(O)CC1CC(c2ccc(OCCCNc3ccccn3)cc2)C1.[H-].[HH].[Na+].[Zn]. The van der Waals surface area contributed by atoms with Crippen molar-refractivity contribution in [3.8, 4) is 40.2 Å². The number of pyridine rings is 2. The minimum absolute atomic E-state index is 0. The Morgan fingerprint density at radius 3 is 1.08 bits per heavy atom. The molecule has 0 radical (unpaired) electrons. The number of hydrogen-bond donors (Lipinski definition) is 5. The van der Waals surface area contributed by atoms with Gasteiger partial charge in [0.05, 0.1) is 81.8 Å². The molecule has 1 atom stereocenters. The summed E-state index contributed by atoms with van der Waals surface area (Å²) in [6.07, 6.45) is 19.5. The topological polar surface area (TPSA) is 375 Å². The molecule has 2 aromatic heterocycles. The zero-order valence-corrected chi connectivity index (χ0v) is 92.3. The number of nitrogens with zero attached hydrogens (tertiary/aromatic N) is 2. The third kappa shape index (κ3) is 45.3. The maximum atomic E-state index is 11.8. The normalized spacial score (nSPS) is 17.5. The smallest absolute Gasteiger partial charge is 1.00 e. The number of halogens is 2. The van der Waals surface area contributed by atoms with Crippen LogP contribution in [-0.2, 0) is 85.7 Å². The largest absolute Gasteiger partial charge is 1.00 e. The fourth-order valence-corrected chi connectivity index (χ4v) is 18.0. The van der Waals surface area contributed by atoms with Crippen LogP contribution in [0.25, 0.3) is 6.08 Å². The molecule has 28 nitrogen and oxygen atoms in total. The number of Topliss-reactive ketones (excluding diaryl/α,β-unsaturated/α-hetero) is 2. The number of esters is 3. The first-order chi connectivity index (χ1) is 68.4. The number of rotatable bonds is 40. The summed E-state index contributed by atoms with van der Waals surface area (Å²) >= 11 is 11.8. The maximum absolute atomic E-state index is 11.8. The number of carboxylic acid groups (broad SMARTS) is 3. The molecule has 1 unspecified atom stereocenters. The monoisotopic (exact) mass is 2100 g/mol. The van der Waals surface area contributed by atoms with Crippen molar-refractivity contribution in [1.82, 2.24) is 9.97 Å². The zero-order chi connectivity index (χ0) is 103. The van der Waals surface area contributed by atoms with Gasteiger partial charge in [-0.05, 0) is 294 Å². The van der Waals surface area contributed by atoms with E-state index in [1.165, 1.54) is 33.4 Å². The van der Waals surface area contributed by atoms with Gasteiger partial charge >= 0.3 is 67.0 Å². The van der Waals surface area contributed by atoms with Gasteiger partial charge in [0.15, 0.2) is 10.1 Å². The van der Waals surface area contributed by atoms with E-state index in [9.17, 15) is 38.1 Å². The van der Waals surface area contributed by atoms with Gasteiger partial charge in [-0.2, -0.15) is 0 Å². The number of carbonyl (C=O) groups excluding carboxylic acids is 5. The molecule has 0 saturated heterocycles. The first-order valence-corrected chi connectivity index (χ1v) is 50.6. The van der Waals surface area contributed by atoms with Crippen LogP contribution in [0.15, 0.2) is 237 Å². The molecule has 144 heavy (non-hydrogen) atoms. The van der Waals surface area contributed by atoms with Crippen LogP contribution in [0.3, 0.4) is 0 Å². The molecule has 6 aliphatic rings. The number of nitrogens with one attached hydrogen (secondary N) is 2. The van der Waals surface area contributed by atoms with Gasteiger partial charge in [0, 0.05) is 104 Å². The summed E-state index contributed by atoms with van der Waals surface area (Å²) in [6, 6.07) is 67.5. The summed E-state index contributed by atoms with van der Waals surface area (Å²) in [6.45, 7) is 18.1. The van der Waals surface area contributed by atoms with Crippen molar-refractivity contribution in [1.29, 1.82) is 0 Å². The third-order valence-electron chi connectivity index (χ3n) is 23.9. The number of alkyl halides is 2. The molecule has 6 fully saturated rings. The predicted octanol–water partition coefficient (Wildman–Crippen LogP) is 20.7. The standard InChI is InChI=1S/2C20H24N2O3.C15H20O3.C15H18O3.C11H10Cl2O2.C11H12O2.C9H10O.C8H17O5P.C2H4O2.Na.Zn.H2.H/c2*23-20(24)14-15-12-17(13-15)16-5-7-18(8-6-16)25-11-3-10-22-19-4-1-2-9-21-19;2*1-3-18-15(16)10-11-8-13(9-11)12-4-6-14(17-2)7-5-12;1-15-8-4-2-7(3-5-8)9-6-10(14)11(9,12)13;1-13-11-4-2-8(3-5-11)9-6-10(12)7-9;1-3-8-4-6-9(10-2)7-5-8;1-4-11-8(9)7-14(10,12-5-2)13-6-3;1-2(3)4;;;;/h2*1-2,4-9,15,17H,3,10-14H2,(H,21,22)(H,23,24);4-7,11,13H,3,8-10H2,1-2H3;4-7,10,13H,3,8-9H2,1-2H3;2-5,9H,6H2,1H3;2-5,9H,6-7H2,1H3;3-7H,1H2,2H3;4-7H2,1-3H3;1H3,(H,3,4);;;1H;/q;;;;;;;;;+1;;;-1. The van der Waals surface area contributed by atoms with Crippen LogP contribution in [0, 0.1) is 17.8 Å². The number of benzene rings is 7. The van der Waals surface area contributed by atoms with E-state index < -0.39 is 35.8 Å². The maximum Gasteiger partial charge on any atom is 1.00 e. The summed E-state index contributed by atoms with van der Waals surface area (Å²) in [7, 11) is 4.98. The minimum atomic E-state index is -3.28. The van der Waals surface area contributed by atoms with E-state index in [0.717, 1.165) is 147 Å². The molecule has 0 amide bonds. The number of methoxy groups -OCH3 is 5. The summed E-state index contributed by atoms with van der Waals surface area (Å²) < 4.78 is 71.7. The van der Waals surface area contributed by atoms with Crippen LogP contribution in [0.2, 0.25) is 0 Å². The second-order valence-corrected chi connectivity index (χ2v) is 37.7. The summed E-state index contributed by atoms with van der Waals surface area (Å²) in [4.78, 5) is 94.4. The van der Waals surface area contributed by atoms with E-state index in [0.29, 0.717) is 118 Å². The first kappa shape index (κ1) is 124. The van der Waals surface area contributed by atoms with E-state index >= 15 is 0 Å². The van der Waals surface area contributed by atoms with Crippen molar-refractivity contribution in [2.75, 3.05) is 112 Å². The zero-order valence-electron chi connectivity index (χ0n) is 85.9. The van der Waals surface area contributed by atoms with Crippen LogP contribution >= 0.6 is 30.8 Å². The fourth-order valence-electron chi connectivity index (χ4n) is 16.0. The average molecular weight is 2110 g/mol. The summed E-state index contributed by atoms with van der Waals surface area (Å²) in [5.41, 5.74) is 9.72. The van der Waals surface area contributed by atoms with E-state index in [1.54, 1.807) is 80.9 Å². The molecule has 15 rings (SSSR count). The number of carbonyl (C=O) groups is 8. The van der Waals surface area contributed by atoms with Gasteiger partial charge in [-0.1, -0.05) is 138 Å². The number of allylic oxidation sites excluding steroid dienone is 1. The van der Waals surface area contributed by atoms with Gasteiger partial charge in [-0.3, -0.25) is 38.1 Å². The Kier molecular flexibility index (Phi) is 58.0. The molecule has 33 heteroatoms. The van der Waals surface area contributed by atoms with Crippen LogP contribution in [-0.4, -0.2) is 178 Å². The molecular formula is C111H142Cl2N4NaO24PZn. The Bertz CT molecular complexity index is 5220. The molecule has 9 aromatic rings. The number of carboxylic acids is 3. The van der Waals surface area contributed by atoms with Crippen molar-refractivity contribution in [2.24, 2.45) is 17.8 Å². The fraction of sp³-hybridized carbons (Fsp3) is 0.423. The molecule has 5 N–H and O–H groups in total.